The fourth-order valence-electron chi connectivity index (χ4n) is 2.85. The molecule has 2 fully saturated rings. The molecule has 0 aromatic rings. The fourth-order valence-corrected chi connectivity index (χ4v) is 2.85. The lowest BCUT2D eigenvalue weighted by Gasteiger charge is -2.35. The van der Waals surface area contributed by atoms with Crippen molar-refractivity contribution in [1.29, 1.82) is 0 Å². The molecule has 5 heteroatoms. The first-order valence-electron chi connectivity index (χ1n) is 7.54. The molecule has 3 unspecified atom stereocenters. The highest BCUT2D eigenvalue weighted by Gasteiger charge is 2.32. The van der Waals surface area contributed by atoms with E-state index in [1.165, 1.54) is 19.4 Å². The van der Waals surface area contributed by atoms with Crippen molar-refractivity contribution in [2.24, 2.45) is 5.92 Å². The normalized spacial score (nSPS) is 28.9. The van der Waals surface area contributed by atoms with Crippen LogP contribution in [0.4, 0.5) is 0 Å². The third-order valence-electron chi connectivity index (χ3n) is 4.11. The fraction of sp³-hybridized carbons (Fsp3) is 0.929. The van der Waals surface area contributed by atoms with Crippen LogP contribution in [-0.4, -0.2) is 62.3 Å². The zero-order valence-electron chi connectivity index (χ0n) is 12.2. The van der Waals surface area contributed by atoms with Gasteiger partial charge in [-0.3, -0.25) is 9.69 Å². The molecular formula is C14H27N3O2. The van der Waals surface area contributed by atoms with Crippen molar-refractivity contribution < 1.29 is 9.53 Å². The van der Waals surface area contributed by atoms with Crippen molar-refractivity contribution in [3.63, 3.8) is 0 Å². The van der Waals surface area contributed by atoms with Gasteiger partial charge >= 0.3 is 0 Å². The van der Waals surface area contributed by atoms with Crippen LogP contribution in [0.5, 0.6) is 0 Å². The number of ether oxygens (including phenoxy) is 1. The molecule has 2 heterocycles. The molecule has 0 spiro atoms. The van der Waals surface area contributed by atoms with E-state index in [0.717, 1.165) is 26.2 Å². The number of hydrogen-bond acceptors (Lipinski definition) is 4. The van der Waals surface area contributed by atoms with Gasteiger partial charge in [-0.1, -0.05) is 13.8 Å². The molecule has 110 valence electrons. The first kappa shape index (κ1) is 14.8. The van der Waals surface area contributed by atoms with Crippen LogP contribution in [0.2, 0.25) is 0 Å². The number of nitrogens with zero attached hydrogens (tertiary/aromatic N) is 1. The van der Waals surface area contributed by atoms with Crippen LogP contribution in [0.15, 0.2) is 0 Å². The van der Waals surface area contributed by atoms with Crippen LogP contribution in [0.3, 0.4) is 0 Å². The molecule has 0 bridgehead atoms. The number of amides is 1. The molecule has 0 aliphatic carbocycles. The molecule has 0 aromatic carbocycles. The van der Waals surface area contributed by atoms with Gasteiger partial charge in [0.25, 0.3) is 0 Å². The second-order valence-corrected chi connectivity index (χ2v) is 5.70. The summed E-state index contributed by atoms with van der Waals surface area (Å²) in [4.78, 5) is 14.4. The third-order valence-corrected chi connectivity index (χ3v) is 4.11. The van der Waals surface area contributed by atoms with Crippen LogP contribution >= 0.6 is 0 Å². The van der Waals surface area contributed by atoms with E-state index in [1.807, 2.05) is 13.8 Å². The monoisotopic (exact) mass is 269 g/mol. The highest BCUT2D eigenvalue weighted by Crippen LogP contribution is 2.22. The Morgan fingerprint density at radius 3 is 3.16 bits per heavy atom. The van der Waals surface area contributed by atoms with Crippen molar-refractivity contribution in [2.45, 2.75) is 38.8 Å². The Balaban J connectivity index is 1.66. The van der Waals surface area contributed by atoms with Crippen LogP contribution in [0.1, 0.15) is 26.7 Å². The minimum absolute atomic E-state index is 0.0167. The SMILES string of the molecule is CCNCC(C)C(=O)NCC1CN2CCCC2CO1. The molecule has 1 amide bonds. The molecule has 3 atom stereocenters. The summed E-state index contributed by atoms with van der Waals surface area (Å²) in [5.74, 6) is 0.135. The van der Waals surface area contributed by atoms with E-state index in [4.69, 9.17) is 4.74 Å². The largest absolute Gasteiger partial charge is 0.373 e. The van der Waals surface area contributed by atoms with Gasteiger partial charge in [0.05, 0.1) is 12.7 Å². The van der Waals surface area contributed by atoms with Gasteiger partial charge in [-0.15, -0.1) is 0 Å². The number of nitrogens with one attached hydrogen (secondary N) is 2. The van der Waals surface area contributed by atoms with E-state index in [9.17, 15) is 4.79 Å². The Kier molecular flexibility index (Phi) is 5.60. The van der Waals surface area contributed by atoms with Crippen molar-refractivity contribution in [3.05, 3.63) is 0 Å². The number of hydrogen-bond donors (Lipinski definition) is 2. The van der Waals surface area contributed by atoms with Gasteiger partial charge in [-0.25, -0.2) is 0 Å². The number of carbonyl (C=O) groups is 1. The number of morpholine rings is 1. The van der Waals surface area contributed by atoms with E-state index in [2.05, 4.69) is 15.5 Å². The molecule has 0 aromatic heterocycles. The molecule has 0 saturated carbocycles. The number of fused-ring (bicyclic) bond motifs is 1. The van der Waals surface area contributed by atoms with Crippen molar-refractivity contribution in [2.75, 3.05) is 39.3 Å². The third kappa shape index (κ3) is 4.16. The maximum Gasteiger partial charge on any atom is 0.224 e. The van der Waals surface area contributed by atoms with Gasteiger partial charge in [-0.05, 0) is 25.9 Å². The van der Waals surface area contributed by atoms with Crippen LogP contribution in [0.25, 0.3) is 0 Å². The second-order valence-electron chi connectivity index (χ2n) is 5.70. The van der Waals surface area contributed by atoms with Gasteiger partial charge in [-0.2, -0.15) is 0 Å². The molecule has 2 saturated heterocycles. The lowest BCUT2D eigenvalue weighted by molar-refractivity contribution is -0.125. The molecule has 2 rings (SSSR count). The minimum Gasteiger partial charge on any atom is -0.373 e. The van der Waals surface area contributed by atoms with Crippen molar-refractivity contribution in [3.8, 4) is 0 Å². The molecule has 5 nitrogen and oxygen atoms in total. The summed E-state index contributed by atoms with van der Waals surface area (Å²) in [6, 6.07) is 0.625. The van der Waals surface area contributed by atoms with Crippen LogP contribution in [-0.2, 0) is 9.53 Å². The summed E-state index contributed by atoms with van der Waals surface area (Å²) >= 11 is 0. The Morgan fingerprint density at radius 1 is 1.53 bits per heavy atom. The maximum atomic E-state index is 11.9. The Hall–Kier alpha value is -0.650. The lowest BCUT2D eigenvalue weighted by atomic mass is 10.1. The topological polar surface area (TPSA) is 53.6 Å². The quantitative estimate of drug-likeness (QED) is 0.724. The van der Waals surface area contributed by atoms with Gasteiger partial charge in [0.1, 0.15) is 0 Å². The Morgan fingerprint density at radius 2 is 2.37 bits per heavy atom. The zero-order chi connectivity index (χ0) is 13.7. The van der Waals surface area contributed by atoms with E-state index in [-0.39, 0.29) is 17.9 Å². The maximum absolute atomic E-state index is 11.9. The molecule has 2 aliphatic heterocycles. The van der Waals surface area contributed by atoms with E-state index < -0.39 is 0 Å². The summed E-state index contributed by atoms with van der Waals surface area (Å²) in [7, 11) is 0. The van der Waals surface area contributed by atoms with Crippen molar-refractivity contribution >= 4 is 5.91 Å². The highest BCUT2D eigenvalue weighted by molar-refractivity contribution is 5.78. The standard InChI is InChI=1S/C14H27N3O2/c1-3-15-7-11(2)14(18)16-8-13-9-17-6-4-5-12(17)10-19-13/h11-13,15H,3-10H2,1-2H3,(H,16,18). The summed E-state index contributed by atoms with van der Waals surface area (Å²) in [6.07, 6.45) is 2.70. The Bertz CT molecular complexity index is 298. The van der Waals surface area contributed by atoms with Gasteiger partial charge in [0.15, 0.2) is 0 Å². The molecule has 2 N–H and O–H groups in total. The molecular weight excluding hydrogens is 242 g/mol. The molecule has 2 aliphatic rings. The predicted molar refractivity (Wildman–Crippen MR) is 75.1 cm³/mol. The average molecular weight is 269 g/mol. The van der Waals surface area contributed by atoms with E-state index in [1.54, 1.807) is 0 Å². The number of rotatable bonds is 6. The number of carbonyl (C=O) groups excluding carboxylic acids is 1. The summed E-state index contributed by atoms with van der Waals surface area (Å²) in [5, 5.41) is 6.21. The second kappa shape index (κ2) is 7.22. The summed E-state index contributed by atoms with van der Waals surface area (Å²) < 4.78 is 5.83. The average Bonchev–Trinajstić information content (AvgIpc) is 2.89. The van der Waals surface area contributed by atoms with Gasteiger partial charge in [0, 0.05) is 31.6 Å². The lowest BCUT2D eigenvalue weighted by Crippen LogP contribution is -2.50. The highest BCUT2D eigenvalue weighted by atomic mass is 16.5. The first-order valence-corrected chi connectivity index (χ1v) is 7.54. The molecule has 19 heavy (non-hydrogen) atoms. The minimum atomic E-state index is 0.0167. The smallest absolute Gasteiger partial charge is 0.224 e. The predicted octanol–water partition coefficient (Wildman–Crippen LogP) is 0.211. The van der Waals surface area contributed by atoms with Crippen LogP contribution in [0, 0.1) is 5.92 Å². The van der Waals surface area contributed by atoms with Crippen molar-refractivity contribution in [1.82, 2.24) is 15.5 Å². The molecule has 0 radical (unpaired) electrons. The Labute approximate surface area is 116 Å². The van der Waals surface area contributed by atoms with E-state index >= 15 is 0 Å². The van der Waals surface area contributed by atoms with Crippen LogP contribution < -0.4 is 10.6 Å². The summed E-state index contributed by atoms with van der Waals surface area (Å²) in [6.45, 7) is 9.26. The summed E-state index contributed by atoms with van der Waals surface area (Å²) in [5.41, 5.74) is 0. The first-order chi connectivity index (χ1) is 9.20. The van der Waals surface area contributed by atoms with Gasteiger partial charge in [0.2, 0.25) is 5.91 Å². The zero-order valence-corrected chi connectivity index (χ0v) is 12.2. The van der Waals surface area contributed by atoms with E-state index in [0.29, 0.717) is 12.6 Å². The van der Waals surface area contributed by atoms with Gasteiger partial charge < -0.3 is 15.4 Å².